The number of anilines is 2. The zero-order chi connectivity index (χ0) is 18.4. The van der Waals surface area contributed by atoms with Crippen LogP contribution in [0.3, 0.4) is 0 Å². The summed E-state index contributed by atoms with van der Waals surface area (Å²) in [6.45, 7) is -0.384. The molecule has 0 heterocycles. The Kier molecular flexibility index (Phi) is 5.76. The lowest BCUT2D eigenvalue weighted by Crippen LogP contribution is -2.37. The molecule has 132 valence electrons. The molecule has 8 heteroatoms. The molecule has 0 radical (unpaired) electrons. The summed E-state index contributed by atoms with van der Waals surface area (Å²) in [6, 6.07) is 14.5. The second-order valence-corrected chi connectivity index (χ2v) is 7.13. The summed E-state index contributed by atoms with van der Waals surface area (Å²) < 4.78 is 29.7. The Morgan fingerprint density at radius 2 is 1.64 bits per heavy atom. The molecular weight excluding hydrogens is 344 g/mol. The smallest absolute Gasteiger partial charge is 0.337 e. The Hall–Kier alpha value is -2.87. The van der Waals surface area contributed by atoms with Gasteiger partial charge >= 0.3 is 5.97 Å². The summed E-state index contributed by atoms with van der Waals surface area (Å²) >= 11 is 0. The molecule has 0 saturated carbocycles. The molecule has 0 aliphatic rings. The van der Waals surface area contributed by atoms with Crippen molar-refractivity contribution in [2.24, 2.45) is 0 Å². The van der Waals surface area contributed by atoms with E-state index in [9.17, 15) is 18.0 Å². The minimum absolute atomic E-state index is 0.276. The quantitative estimate of drug-likeness (QED) is 0.792. The number of rotatable bonds is 6. The van der Waals surface area contributed by atoms with Crippen LogP contribution in [-0.2, 0) is 19.6 Å². The van der Waals surface area contributed by atoms with Gasteiger partial charge in [0.15, 0.2) is 0 Å². The minimum atomic E-state index is -3.69. The van der Waals surface area contributed by atoms with Gasteiger partial charge in [-0.3, -0.25) is 9.10 Å². The number of para-hydroxylation sites is 1. The lowest BCUT2D eigenvalue weighted by Gasteiger charge is -2.22. The van der Waals surface area contributed by atoms with Crippen LogP contribution in [0, 0.1) is 0 Å². The van der Waals surface area contributed by atoms with Crippen LogP contribution >= 0.6 is 0 Å². The molecule has 25 heavy (non-hydrogen) atoms. The van der Waals surface area contributed by atoms with E-state index in [-0.39, 0.29) is 17.8 Å². The Morgan fingerprint density at radius 3 is 2.16 bits per heavy atom. The van der Waals surface area contributed by atoms with Crippen molar-refractivity contribution < 1.29 is 22.7 Å². The zero-order valence-electron chi connectivity index (χ0n) is 13.8. The molecule has 7 nitrogen and oxygen atoms in total. The SMILES string of the molecule is COC(=O)c1ccc(N(CC(=O)Nc2ccccc2)S(C)(=O)=O)cc1. The van der Waals surface area contributed by atoms with E-state index < -0.39 is 21.9 Å². The molecule has 0 unspecified atom stereocenters. The number of carbonyl (C=O) groups excluding carboxylic acids is 2. The fraction of sp³-hybridized carbons (Fsp3) is 0.176. The summed E-state index contributed by atoms with van der Waals surface area (Å²) in [7, 11) is -2.43. The Morgan fingerprint density at radius 1 is 1.04 bits per heavy atom. The number of nitrogens with zero attached hydrogens (tertiary/aromatic N) is 1. The van der Waals surface area contributed by atoms with Crippen molar-refractivity contribution in [3.8, 4) is 0 Å². The Bertz CT molecular complexity index is 848. The first-order valence-electron chi connectivity index (χ1n) is 7.32. The first-order chi connectivity index (χ1) is 11.8. The molecule has 0 saturated heterocycles. The van der Waals surface area contributed by atoms with Crippen molar-refractivity contribution in [2.75, 3.05) is 29.5 Å². The number of amides is 1. The standard InChI is InChI=1S/C17H18N2O5S/c1-24-17(21)13-8-10-15(11-9-13)19(25(2,22)23)12-16(20)18-14-6-4-3-5-7-14/h3-11H,12H2,1-2H3,(H,18,20). The highest BCUT2D eigenvalue weighted by Gasteiger charge is 2.21. The van der Waals surface area contributed by atoms with E-state index in [1.54, 1.807) is 30.3 Å². The van der Waals surface area contributed by atoms with Gasteiger partial charge in [-0.25, -0.2) is 13.2 Å². The van der Waals surface area contributed by atoms with Crippen molar-refractivity contribution >= 4 is 33.3 Å². The van der Waals surface area contributed by atoms with Crippen LogP contribution in [0.4, 0.5) is 11.4 Å². The van der Waals surface area contributed by atoms with Crippen LogP contribution < -0.4 is 9.62 Å². The van der Waals surface area contributed by atoms with E-state index in [4.69, 9.17) is 0 Å². The molecule has 1 N–H and O–H groups in total. The van der Waals surface area contributed by atoms with Crippen molar-refractivity contribution in [2.45, 2.75) is 0 Å². The zero-order valence-corrected chi connectivity index (χ0v) is 14.6. The molecule has 0 aromatic heterocycles. The van der Waals surface area contributed by atoms with Crippen LogP contribution in [0.2, 0.25) is 0 Å². The highest BCUT2D eigenvalue weighted by Crippen LogP contribution is 2.19. The van der Waals surface area contributed by atoms with Crippen LogP contribution in [0.1, 0.15) is 10.4 Å². The normalized spacial score (nSPS) is 10.8. The number of nitrogens with one attached hydrogen (secondary N) is 1. The van der Waals surface area contributed by atoms with Crippen LogP contribution in [-0.4, -0.2) is 40.2 Å². The first-order valence-corrected chi connectivity index (χ1v) is 9.17. The molecule has 1 amide bonds. The topological polar surface area (TPSA) is 92.8 Å². The van der Waals surface area contributed by atoms with Crippen molar-refractivity contribution in [3.63, 3.8) is 0 Å². The number of benzene rings is 2. The predicted molar refractivity (Wildman–Crippen MR) is 95.0 cm³/mol. The van der Waals surface area contributed by atoms with Gasteiger partial charge in [0.1, 0.15) is 6.54 Å². The fourth-order valence-electron chi connectivity index (χ4n) is 2.13. The lowest BCUT2D eigenvalue weighted by atomic mass is 10.2. The van der Waals surface area contributed by atoms with E-state index in [2.05, 4.69) is 10.1 Å². The first kappa shape index (κ1) is 18.5. The average molecular weight is 362 g/mol. The molecule has 2 rings (SSSR count). The number of hydrogen-bond donors (Lipinski definition) is 1. The van der Waals surface area contributed by atoms with Gasteiger partial charge in [-0.05, 0) is 36.4 Å². The number of ether oxygens (including phenoxy) is 1. The van der Waals surface area contributed by atoms with Crippen LogP contribution in [0.15, 0.2) is 54.6 Å². The molecule has 0 aliphatic heterocycles. The van der Waals surface area contributed by atoms with Gasteiger partial charge in [0.05, 0.1) is 24.6 Å². The minimum Gasteiger partial charge on any atom is -0.465 e. The summed E-state index contributed by atoms with van der Waals surface area (Å²) in [5, 5.41) is 2.63. The van der Waals surface area contributed by atoms with Gasteiger partial charge in [-0.2, -0.15) is 0 Å². The van der Waals surface area contributed by atoms with Gasteiger partial charge in [0.25, 0.3) is 0 Å². The van der Waals surface area contributed by atoms with Gasteiger partial charge < -0.3 is 10.1 Å². The third kappa shape index (κ3) is 5.05. The highest BCUT2D eigenvalue weighted by molar-refractivity contribution is 7.92. The molecule has 0 aliphatic carbocycles. The third-order valence-corrected chi connectivity index (χ3v) is 4.46. The molecule has 0 bridgehead atoms. The van der Waals surface area contributed by atoms with Crippen molar-refractivity contribution in [1.29, 1.82) is 0 Å². The van der Waals surface area contributed by atoms with Crippen LogP contribution in [0.25, 0.3) is 0 Å². The van der Waals surface area contributed by atoms with E-state index >= 15 is 0 Å². The maximum Gasteiger partial charge on any atom is 0.337 e. The fourth-order valence-corrected chi connectivity index (χ4v) is 2.99. The number of methoxy groups -OCH3 is 1. The molecule has 0 spiro atoms. The Labute approximate surface area is 146 Å². The van der Waals surface area contributed by atoms with E-state index in [1.807, 2.05) is 0 Å². The summed E-state index contributed by atoms with van der Waals surface area (Å²) in [4.78, 5) is 23.6. The van der Waals surface area contributed by atoms with Gasteiger partial charge in [0, 0.05) is 5.69 Å². The number of sulfonamides is 1. The number of esters is 1. The molecule has 0 atom stereocenters. The third-order valence-electron chi connectivity index (χ3n) is 3.32. The van der Waals surface area contributed by atoms with Gasteiger partial charge in [-0.1, -0.05) is 18.2 Å². The van der Waals surface area contributed by atoms with E-state index in [0.717, 1.165) is 10.6 Å². The van der Waals surface area contributed by atoms with Gasteiger partial charge in [-0.15, -0.1) is 0 Å². The maximum absolute atomic E-state index is 12.2. The largest absolute Gasteiger partial charge is 0.465 e. The molecular formula is C17H18N2O5S. The summed E-state index contributed by atoms with van der Waals surface area (Å²) in [6.07, 6.45) is 1.01. The van der Waals surface area contributed by atoms with Crippen LogP contribution in [0.5, 0.6) is 0 Å². The average Bonchev–Trinajstić information content (AvgIpc) is 2.59. The molecule has 0 fully saturated rings. The second-order valence-electron chi connectivity index (χ2n) is 5.22. The van der Waals surface area contributed by atoms with Gasteiger partial charge in [0.2, 0.25) is 15.9 Å². The lowest BCUT2D eigenvalue weighted by molar-refractivity contribution is -0.114. The second kappa shape index (κ2) is 7.80. The van der Waals surface area contributed by atoms with Crippen molar-refractivity contribution in [3.05, 3.63) is 60.2 Å². The van der Waals surface area contributed by atoms with Crippen molar-refractivity contribution in [1.82, 2.24) is 0 Å². The predicted octanol–water partition coefficient (Wildman–Crippen LogP) is 1.88. The number of hydrogen-bond acceptors (Lipinski definition) is 5. The van der Waals surface area contributed by atoms with E-state index in [1.165, 1.54) is 31.4 Å². The maximum atomic E-state index is 12.2. The summed E-state index contributed by atoms with van der Waals surface area (Å²) in [5.74, 6) is -1.01. The monoisotopic (exact) mass is 362 g/mol. The summed E-state index contributed by atoms with van der Waals surface area (Å²) in [5.41, 5.74) is 1.13. The molecule has 2 aromatic carbocycles. The highest BCUT2D eigenvalue weighted by atomic mass is 32.2. The number of carbonyl (C=O) groups is 2. The molecule has 2 aromatic rings. The van der Waals surface area contributed by atoms with E-state index in [0.29, 0.717) is 5.69 Å². The Balaban J connectivity index is 2.19.